The number of hydrogen-bond acceptors (Lipinski definition) is 3. The molecule has 0 fully saturated rings. The molecule has 2 heterocycles. The summed E-state index contributed by atoms with van der Waals surface area (Å²) in [6.45, 7) is 0. The van der Waals surface area contributed by atoms with Crippen molar-refractivity contribution in [3.05, 3.63) is 58.4 Å². The Morgan fingerprint density at radius 3 is 3.00 bits per heavy atom. The van der Waals surface area contributed by atoms with Gasteiger partial charge in [-0.3, -0.25) is 9.78 Å². The lowest BCUT2D eigenvalue weighted by Crippen LogP contribution is -2.18. The van der Waals surface area contributed by atoms with Crippen molar-refractivity contribution < 1.29 is 4.79 Å². The molecule has 1 unspecified atom stereocenters. The highest BCUT2D eigenvalue weighted by Gasteiger charge is 2.23. The minimum absolute atomic E-state index is 0.00982. The molecule has 1 aliphatic rings. The highest BCUT2D eigenvalue weighted by atomic mass is 35.5. The Labute approximate surface area is 122 Å². The van der Waals surface area contributed by atoms with E-state index in [-0.39, 0.29) is 11.9 Å². The second-order valence-electron chi connectivity index (χ2n) is 4.76. The Kier molecular flexibility index (Phi) is 3.42. The largest absolute Gasteiger partial charge is 0.325 e. The molecular formula is C15H14ClN3O. The van der Waals surface area contributed by atoms with Gasteiger partial charge in [0.15, 0.2) is 0 Å². The molecule has 0 radical (unpaired) electrons. The number of pyridine rings is 1. The van der Waals surface area contributed by atoms with Crippen LogP contribution in [-0.2, 0) is 11.2 Å². The molecule has 1 amide bonds. The third-order valence-electron chi connectivity index (χ3n) is 3.47. The van der Waals surface area contributed by atoms with Crippen molar-refractivity contribution in [2.45, 2.75) is 12.5 Å². The number of aromatic nitrogens is 1. The number of rotatable bonds is 3. The number of amides is 1. The molecular weight excluding hydrogens is 274 g/mol. The van der Waals surface area contributed by atoms with Gasteiger partial charge in [0.1, 0.15) is 0 Å². The van der Waals surface area contributed by atoms with E-state index in [4.69, 9.17) is 11.6 Å². The first-order valence-electron chi connectivity index (χ1n) is 6.38. The zero-order valence-electron chi connectivity index (χ0n) is 11.0. The maximum atomic E-state index is 11.5. The number of hydrogen-bond donors (Lipinski definition) is 2. The Morgan fingerprint density at radius 1 is 1.45 bits per heavy atom. The van der Waals surface area contributed by atoms with Crippen LogP contribution in [0.2, 0.25) is 5.02 Å². The molecule has 2 aromatic rings. The van der Waals surface area contributed by atoms with Gasteiger partial charge in [0.25, 0.3) is 0 Å². The number of carbonyl (C=O) groups excluding carboxylic acids is 1. The quantitative estimate of drug-likeness (QED) is 0.912. The van der Waals surface area contributed by atoms with E-state index in [1.54, 1.807) is 6.20 Å². The minimum atomic E-state index is -0.0443. The zero-order chi connectivity index (χ0) is 14.1. The topological polar surface area (TPSA) is 54.0 Å². The third-order valence-corrected chi connectivity index (χ3v) is 3.79. The Morgan fingerprint density at radius 2 is 2.30 bits per heavy atom. The first-order valence-corrected chi connectivity index (χ1v) is 6.76. The molecule has 1 aromatic carbocycles. The highest BCUT2D eigenvalue weighted by molar-refractivity contribution is 6.32. The van der Waals surface area contributed by atoms with Gasteiger partial charge < -0.3 is 10.6 Å². The second-order valence-corrected chi connectivity index (χ2v) is 5.17. The monoisotopic (exact) mass is 287 g/mol. The molecule has 0 aliphatic carbocycles. The minimum Gasteiger partial charge on any atom is -0.325 e. The first kappa shape index (κ1) is 13.1. The van der Waals surface area contributed by atoms with Crippen LogP contribution in [0.3, 0.4) is 0 Å². The smallest absolute Gasteiger partial charge is 0.228 e. The Balaban J connectivity index is 2.05. The molecule has 3 rings (SSSR count). The van der Waals surface area contributed by atoms with Gasteiger partial charge in [-0.25, -0.2) is 0 Å². The molecule has 1 atom stereocenters. The van der Waals surface area contributed by atoms with Gasteiger partial charge in [-0.15, -0.1) is 0 Å². The maximum absolute atomic E-state index is 11.5. The van der Waals surface area contributed by atoms with Crippen LogP contribution in [0.15, 0.2) is 36.7 Å². The second kappa shape index (κ2) is 5.23. The van der Waals surface area contributed by atoms with Crippen molar-refractivity contribution in [1.29, 1.82) is 0 Å². The lowest BCUT2D eigenvalue weighted by atomic mass is 9.97. The first-order chi connectivity index (χ1) is 9.69. The summed E-state index contributed by atoms with van der Waals surface area (Å²) in [5.41, 5.74) is 3.79. The molecule has 0 bridgehead atoms. The summed E-state index contributed by atoms with van der Waals surface area (Å²) >= 11 is 6.37. The summed E-state index contributed by atoms with van der Waals surface area (Å²) in [6, 6.07) is 7.66. The summed E-state index contributed by atoms with van der Waals surface area (Å²) in [5, 5.41) is 6.69. The summed E-state index contributed by atoms with van der Waals surface area (Å²) in [4.78, 5) is 15.6. The lowest BCUT2D eigenvalue weighted by Gasteiger charge is -2.19. The van der Waals surface area contributed by atoms with Crippen LogP contribution in [0.1, 0.15) is 22.7 Å². The van der Waals surface area contributed by atoms with Gasteiger partial charge in [-0.2, -0.15) is 0 Å². The van der Waals surface area contributed by atoms with Gasteiger partial charge in [-0.05, 0) is 41.9 Å². The summed E-state index contributed by atoms with van der Waals surface area (Å²) < 4.78 is 0. The van der Waals surface area contributed by atoms with Crippen molar-refractivity contribution in [2.24, 2.45) is 0 Å². The predicted molar refractivity (Wildman–Crippen MR) is 78.9 cm³/mol. The number of fused-ring (bicyclic) bond motifs is 1. The van der Waals surface area contributed by atoms with Gasteiger partial charge in [0.05, 0.1) is 12.5 Å². The van der Waals surface area contributed by atoms with E-state index in [1.807, 2.05) is 37.5 Å². The van der Waals surface area contributed by atoms with Crippen LogP contribution in [0, 0.1) is 0 Å². The van der Waals surface area contributed by atoms with Gasteiger partial charge in [-0.1, -0.05) is 17.7 Å². The predicted octanol–water partition coefficient (Wildman–Crippen LogP) is 2.54. The molecule has 0 saturated heterocycles. The van der Waals surface area contributed by atoms with Crippen molar-refractivity contribution in [1.82, 2.24) is 10.3 Å². The highest BCUT2D eigenvalue weighted by Crippen LogP contribution is 2.34. The van der Waals surface area contributed by atoms with Crippen LogP contribution in [0.25, 0.3) is 0 Å². The molecule has 1 aliphatic heterocycles. The summed E-state index contributed by atoms with van der Waals surface area (Å²) in [7, 11) is 1.88. The number of halogens is 1. The van der Waals surface area contributed by atoms with E-state index < -0.39 is 0 Å². The molecule has 1 aromatic heterocycles. The van der Waals surface area contributed by atoms with E-state index in [2.05, 4.69) is 15.6 Å². The van der Waals surface area contributed by atoms with Crippen molar-refractivity contribution in [3.63, 3.8) is 0 Å². The van der Waals surface area contributed by atoms with E-state index in [0.29, 0.717) is 11.4 Å². The maximum Gasteiger partial charge on any atom is 0.228 e. The van der Waals surface area contributed by atoms with Gasteiger partial charge in [0, 0.05) is 23.1 Å². The molecule has 5 heteroatoms. The molecule has 0 spiro atoms. The van der Waals surface area contributed by atoms with E-state index in [9.17, 15) is 4.79 Å². The fraction of sp³-hybridized carbons (Fsp3) is 0.200. The van der Waals surface area contributed by atoms with Crippen molar-refractivity contribution >= 4 is 23.2 Å². The number of anilines is 1. The lowest BCUT2D eigenvalue weighted by molar-refractivity contribution is -0.115. The average molecular weight is 288 g/mol. The fourth-order valence-electron chi connectivity index (χ4n) is 2.54. The third kappa shape index (κ3) is 2.28. The zero-order valence-corrected chi connectivity index (χ0v) is 11.7. The van der Waals surface area contributed by atoms with Crippen LogP contribution >= 0.6 is 11.6 Å². The van der Waals surface area contributed by atoms with Gasteiger partial charge in [0.2, 0.25) is 5.91 Å². The number of nitrogens with zero attached hydrogens (tertiary/aromatic N) is 1. The van der Waals surface area contributed by atoms with E-state index >= 15 is 0 Å². The Bertz CT molecular complexity index is 658. The van der Waals surface area contributed by atoms with Crippen LogP contribution in [0.5, 0.6) is 0 Å². The molecule has 0 saturated carbocycles. The molecule has 4 nitrogen and oxygen atoms in total. The van der Waals surface area contributed by atoms with E-state index in [0.717, 1.165) is 22.4 Å². The molecule has 102 valence electrons. The van der Waals surface area contributed by atoms with Crippen LogP contribution in [-0.4, -0.2) is 17.9 Å². The fourth-order valence-corrected chi connectivity index (χ4v) is 2.81. The van der Waals surface area contributed by atoms with Crippen LogP contribution in [0.4, 0.5) is 5.69 Å². The molecule has 20 heavy (non-hydrogen) atoms. The SMILES string of the molecule is CNC(c1cccnc1)c1cc2c(cc1Cl)NC(=O)C2. The summed E-state index contributed by atoms with van der Waals surface area (Å²) in [5.74, 6) is 0.00982. The van der Waals surface area contributed by atoms with Crippen LogP contribution < -0.4 is 10.6 Å². The average Bonchev–Trinajstić information content (AvgIpc) is 2.80. The number of benzene rings is 1. The number of nitrogens with one attached hydrogen (secondary N) is 2. The summed E-state index contributed by atoms with van der Waals surface area (Å²) in [6.07, 6.45) is 3.96. The Hall–Kier alpha value is -1.91. The van der Waals surface area contributed by atoms with E-state index in [1.165, 1.54) is 0 Å². The van der Waals surface area contributed by atoms with Crippen molar-refractivity contribution in [3.8, 4) is 0 Å². The van der Waals surface area contributed by atoms with Gasteiger partial charge >= 0.3 is 0 Å². The normalized spacial score (nSPS) is 14.8. The molecule has 2 N–H and O–H groups in total. The standard InChI is InChI=1S/C15H14ClN3O/c1-17-15(9-3-2-4-18-8-9)11-5-10-6-14(20)19-13(10)7-12(11)16/h2-5,7-8,15,17H,6H2,1H3,(H,19,20). The van der Waals surface area contributed by atoms with Crippen molar-refractivity contribution in [2.75, 3.05) is 12.4 Å². The number of carbonyl (C=O) groups is 1.